The van der Waals surface area contributed by atoms with E-state index in [2.05, 4.69) is 36.3 Å². The highest BCUT2D eigenvalue weighted by Gasteiger charge is 2.14. The van der Waals surface area contributed by atoms with Crippen LogP contribution >= 0.6 is 0 Å². The van der Waals surface area contributed by atoms with E-state index in [0.717, 1.165) is 12.1 Å². The van der Waals surface area contributed by atoms with Crippen molar-refractivity contribution in [3.05, 3.63) is 53.6 Å². The minimum Gasteiger partial charge on any atom is -0.497 e. The summed E-state index contributed by atoms with van der Waals surface area (Å²) in [5, 5.41) is 13.5. The number of guanidine groups is 1. The van der Waals surface area contributed by atoms with Crippen LogP contribution in [-0.2, 0) is 0 Å². The zero-order valence-corrected chi connectivity index (χ0v) is 16.4. The Bertz CT molecular complexity index is 760. The van der Waals surface area contributed by atoms with Crippen LogP contribution in [0.2, 0.25) is 0 Å². The molecule has 27 heavy (non-hydrogen) atoms. The van der Waals surface area contributed by atoms with Gasteiger partial charge in [-0.05, 0) is 48.2 Å². The van der Waals surface area contributed by atoms with Crippen molar-refractivity contribution < 1.29 is 14.6 Å². The molecule has 2 aromatic carbocycles. The Hall–Kier alpha value is -2.73. The summed E-state index contributed by atoms with van der Waals surface area (Å²) in [7, 11) is 3.13. The molecule has 2 rings (SSSR count). The first-order chi connectivity index (χ1) is 13.0. The fourth-order valence-corrected chi connectivity index (χ4v) is 2.70. The van der Waals surface area contributed by atoms with Crippen molar-refractivity contribution in [2.75, 3.05) is 26.1 Å². The standard InChI is InChI=1S/C21H29N3O3/c1-5-14(2)15-6-8-16(9-7-15)24-21(22)23-13-19(25)18-12-17(26-3)10-11-20(18)27-4/h6-12,14,19,25H,5,13H2,1-4H3,(H3,22,23,24). The van der Waals surface area contributed by atoms with Crippen LogP contribution in [0, 0.1) is 0 Å². The highest BCUT2D eigenvalue weighted by molar-refractivity contribution is 5.92. The molecule has 2 atom stereocenters. The number of methoxy groups -OCH3 is 2. The van der Waals surface area contributed by atoms with Gasteiger partial charge in [0.2, 0.25) is 0 Å². The number of ether oxygens (including phenoxy) is 2. The second kappa shape index (κ2) is 9.83. The largest absolute Gasteiger partial charge is 0.497 e. The fraction of sp³-hybridized carbons (Fsp3) is 0.381. The average Bonchev–Trinajstić information content (AvgIpc) is 2.71. The molecule has 0 spiro atoms. The van der Waals surface area contributed by atoms with Gasteiger partial charge in [-0.15, -0.1) is 0 Å². The van der Waals surface area contributed by atoms with Crippen LogP contribution in [0.25, 0.3) is 0 Å². The summed E-state index contributed by atoms with van der Waals surface area (Å²) in [5.74, 6) is 1.98. The summed E-state index contributed by atoms with van der Waals surface area (Å²) >= 11 is 0. The number of hydrogen-bond donors (Lipinski definition) is 3. The van der Waals surface area contributed by atoms with Crippen molar-refractivity contribution in [2.45, 2.75) is 32.3 Å². The number of hydrogen-bond acceptors (Lipinski definition) is 4. The first-order valence-corrected chi connectivity index (χ1v) is 9.05. The Kier molecular flexibility index (Phi) is 7.49. The molecule has 0 heterocycles. The van der Waals surface area contributed by atoms with Crippen LogP contribution in [0.15, 0.2) is 47.5 Å². The van der Waals surface area contributed by atoms with E-state index in [1.54, 1.807) is 32.4 Å². The molecule has 0 aromatic heterocycles. The Balaban J connectivity index is 2.02. The van der Waals surface area contributed by atoms with Crippen molar-refractivity contribution in [2.24, 2.45) is 10.7 Å². The molecule has 0 saturated heterocycles. The number of aliphatic imine (C=N–C) groups is 1. The lowest BCUT2D eigenvalue weighted by molar-refractivity contribution is 0.182. The first-order valence-electron chi connectivity index (χ1n) is 9.05. The second-order valence-corrected chi connectivity index (χ2v) is 6.41. The third-order valence-electron chi connectivity index (χ3n) is 4.59. The Morgan fingerprint density at radius 3 is 2.44 bits per heavy atom. The quantitative estimate of drug-likeness (QED) is 0.487. The number of anilines is 1. The lowest BCUT2D eigenvalue weighted by atomic mass is 9.99. The van der Waals surface area contributed by atoms with Gasteiger partial charge in [0.1, 0.15) is 17.6 Å². The maximum Gasteiger partial charge on any atom is 0.193 e. The van der Waals surface area contributed by atoms with Crippen molar-refractivity contribution in [3.63, 3.8) is 0 Å². The summed E-state index contributed by atoms with van der Waals surface area (Å²) in [6.45, 7) is 4.48. The molecular formula is C21H29N3O3. The molecule has 2 unspecified atom stereocenters. The maximum absolute atomic E-state index is 10.5. The zero-order valence-electron chi connectivity index (χ0n) is 16.4. The summed E-state index contributed by atoms with van der Waals surface area (Å²) in [6, 6.07) is 13.4. The smallest absolute Gasteiger partial charge is 0.193 e. The molecule has 0 saturated carbocycles. The zero-order chi connectivity index (χ0) is 19.8. The molecule has 146 valence electrons. The van der Waals surface area contributed by atoms with E-state index in [1.807, 2.05) is 12.1 Å². The number of aliphatic hydroxyl groups is 1. The minimum absolute atomic E-state index is 0.104. The van der Waals surface area contributed by atoms with E-state index in [9.17, 15) is 5.11 Å². The van der Waals surface area contributed by atoms with E-state index < -0.39 is 6.10 Å². The third-order valence-corrected chi connectivity index (χ3v) is 4.59. The molecule has 0 amide bonds. The molecule has 4 N–H and O–H groups in total. The fourth-order valence-electron chi connectivity index (χ4n) is 2.70. The normalized spacial score (nSPS) is 13.7. The number of aliphatic hydroxyl groups excluding tert-OH is 1. The molecule has 6 nitrogen and oxygen atoms in total. The van der Waals surface area contributed by atoms with E-state index in [1.165, 1.54) is 5.56 Å². The van der Waals surface area contributed by atoms with Crippen LogP contribution in [0.3, 0.4) is 0 Å². The number of nitrogens with zero attached hydrogens (tertiary/aromatic N) is 1. The molecular weight excluding hydrogens is 342 g/mol. The Morgan fingerprint density at radius 2 is 1.85 bits per heavy atom. The molecule has 0 aliphatic rings. The lowest BCUT2D eigenvalue weighted by Gasteiger charge is -2.15. The van der Waals surface area contributed by atoms with Gasteiger partial charge in [0, 0.05) is 11.3 Å². The highest BCUT2D eigenvalue weighted by atomic mass is 16.5. The molecule has 2 aromatic rings. The monoisotopic (exact) mass is 371 g/mol. The van der Waals surface area contributed by atoms with Crippen molar-refractivity contribution >= 4 is 11.6 Å². The highest BCUT2D eigenvalue weighted by Crippen LogP contribution is 2.29. The van der Waals surface area contributed by atoms with Crippen LogP contribution < -0.4 is 20.5 Å². The van der Waals surface area contributed by atoms with E-state index >= 15 is 0 Å². The predicted octanol–water partition coefficient (Wildman–Crippen LogP) is 3.68. The Labute approximate surface area is 161 Å². The van der Waals surface area contributed by atoms with E-state index in [-0.39, 0.29) is 12.5 Å². The van der Waals surface area contributed by atoms with Gasteiger partial charge < -0.3 is 25.6 Å². The molecule has 0 radical (unpaired) electrons. The summed E-state index contributed by atoms with van der Waals surface area (Å²) < 4.78 is 10.5. The van der Waals surface area contributed by atoms with Gasteiger partial charge >= 0.3 is 0 Å². The average molecular weight is 371 g/mol. The minimum atomic E-state index is -0.858. The topological polar surface area (TPSA) is 89.1 Å². The van der Waals surface area contributed by atoms with Gasteiger partial charge in [0.25, 0.3) is 0 Å². The predicted molar refractivity (Wildman–Crippen MR) is 110 cm³/mol. The van der Waals surface area contributed by atoms with Crippen molar-refractivity contribution in [3.8, 4) is 11.5 Å². The van der Waals surface area contributed by atoms with Gasteiger partial charge in [0.15, 0.2) is 5.96 Å². The number of benzene rings is 2. The van der Waals surface area contributed by atoms with Crippen molar-refractivity contribution in [1.29, 1.82) is 0 Å². The second-order valence-electron chi connectivity index (χ2n) is 6.41. The van der Waals surface area contributed by atoms with Crippen LogP contribution in [-0.4, -0.2) is 31.8 Å². The molecule has 0 bridgehead atoms. The number of nitrogens with one attached hydrogen (secondary N) is 1. The van der Waals surface area contributed by atoms with Gasteiger partial charge in [-0.25, -0.2) is 0 Å². The maximum atomic E-state index is 10.5. The van der Waals surface area contributed by atoms with Crippen LogP contribution in [0.5, 0.6) is 11.5 Å². The van der Waals surface area contributed by atoms with Gasteiger partial charge in [-0.3, -0.25) is 4.99 Å². The first kappa shape index (κ1) is 20.6. The summed E-state index contributed by atoms with van der Waals surface area (Å²) in [6.07, 6.45) is 0.241. The lowest BCUT2D eigenvalue weighted by Crippen LogP contribution is -2.23. The number of nitrogens with two attached hydrogens (primary N) is 1. The third kappa shape index (κ3) is 5.62. The van der Waals surface area contributed by atoms with E-state index in [0.29, 0.717) is 23.0 Å². The molecule has 0 aliphatic carbocycles. The summed E-state index contributed by atoms with van der Waals surface area (Å²) in [5.41, 5.74) is 8.71. The van der Waals surface area contributed by atoms with Gasteiger partial charge in [-0.1, -0.05) is 26.0 Å². The molecule has 0 fully saturated rings. The number of rotatable bonds is 8. The Morgan fingerprint density at radius 1 is 1.15 bits per heavy atom. The van der Waals surface area contributed by atoms with Gasteiger partial charge in [0.05, 0.1) is 20.8 Å². The van der Waals surface area contributed by atoms with Gasteiger partial charge in [-0.2, -0.15) is 0 Å². The van der Waals surface area contributed by atoms with Crippen LogP contribution in [0.1, 0.15) is 43.4 Å². The SMILES string of the molecule is CCC(C)c1ccc(NC(N)=NCC(O)c2cc(OC)ccc2OC)cc1. The summed E-state index contributed by atoms with van der Waals surface area (Å²) in [4.78, 5) is 4.24. The van der Waals surface area contributed by atoms with E-state index in [4.69, 9.17) is 15.2 Å². The van der Waals surface area contributed by atoms with Crippen LogP contribution in [0.4, 0.5) is 5.69 Å². The molecule has 6 heteroatoms. The van der Waals surface area contributed by atoms with Crippen molar-refractivity contribution in [1.82, 2.24) is 0 Å². The molecule has 0 aliphatic heterocycles.